The molecule has 0 bridgehead atoms. The summed E-state index contributed by atoms with van der Waals surface area (Å²) in [5.41, 5.74) is -5.48. The lowest BCUT2D eigenvalue weighted by atomic mass is 9.74. The van der Waals surface area contributed by atoms with Crippen LogP contribution >= 0.6 is 11.6 Å². The van der Waals surface area contributed by atoms with Gasteiger partial charge in [0.05, 0.1) is 35.1 Å². The molecule has 348 valence electrons. The predicted octanol–water partition coefficient (Wildman–Crippen LogP) is 9.61. The number of carbonyl (C=O) groups excluding carboxylic acids is 3. The molecule has 2 saturated carbocycles. The summed E-state index contributed by atoms with van der Waals surface area (Å²) in [4.78, 5) is 53.5. The van der Waals surface area contributed by atoms with Gasteiger partial charge in [0, 0.05) is 16.5 Å². The van der Waals surface area contributed by atoms with Crippen LogP contribution in [0.4, 0.5) is 35.5 Å². The number of nitrogens with zero attached hydrogens (tertiary/aromatic N) is 8. The molecular weight excluding hydrogens is 903 g/mol. The number of benzene rings is 3. The lowest BCUT2D eigenvalue weighted by Crippen LogP contribution is -2.50. The zero-order valence-corrected chi connectivity index (χ0v) is 35.9. The number of aromatic nitrogens is 6. The van der Waals surface area contributed by atoms with E-state index in [1.165, 1.54) is 48.7 Å². The maximum Gasteiger partial charge on any atom is 0.414 e. The van der Waals surface area contributed by atoms with Crippen molar-refractivity contribution in [1.29, 1.82) is 0 Å². The molecule has 1 aliphatic heterocycles. The molecule has 2 atom stereocenters. The molecule has 5 aromatic rings. The molecule has 1 N–H and O–H groups in total. The van der Waals surface area contributed by atoms with E-state index in [0.717, 1.165) is 37.9 Å². The molecule has 0 radical (unpaired) electrons. The number of ether oxygens (including phenoxy) is 2. The van der Waals surface area contributed by atoms with E-state index < -0.39 is 90.8 Å². The van der Waals surface area contributed by atoms with Crippen molar-refractivity contribution in [2.24, 2.45) is 15.8 Å². The number of rotatable bonds is 16. The van der Waals surface area contributed by atoms with Crippen LogP contribution in [0.1, 0.15) is 87.7 Å². The van der Waals surface area contributed by atoms with Crippen LogP contribution in [0.15, 0.2) is 90.3 Å². The van der Waals surface area contributed by atoms with Crippen LogP contribution in [-0.2, 0) is 31.2 Å². The van der Waals surface area contributed by atoms with Crippen LogP contribution in [0.5, 0.6) is 0 Å². The largest absolute Gasteiger partial charge is 0.463 e. The van der Waals surface area contributed by atoms with Crippen molar-refractivity contribution in [3.05, 3.63) is 107 Å². The Balaban J connectivity index is 1.25. The highest BCUT2D eigenvalue weighted by Gasteiger charge is 2.60. The lowest BCUT2D eigenvalue weighted by molar-refractivity contribution is -0.218. The first-order valence-corrected chi connectivity index (χ1v) is 21.1. The van der Waals surface area contributed by atoms with Gasteiger partial charge in [-0.15, -0.1) is 0 Å². The van der Waals surface area contributed by atoms with Gasteiger partial charge >= 0.3 is 24.8 Å². The van der Waals surface area contributed by atoms with Crippen LogP contribution in [-0.4, -0.2) is 77.8 Å². The molecule has 3 aromatic carbocycles. The Morgan fingerprint density at radius 1 is 0.955 bits per heavy atom. The lowest BCUT2D eigenvalue weighted by Gasteiger charge is -2.37. The van der Waals surface area contributed by atoms with E-state index >= 15 is 4.79 Å². The number of carbonyl (C=O) groups is 3. The summed E-state index contributed by atoms with van der Waals surface area (Å²) in [6, 6.07) is 16.6. The van der Waals surface area contributed by atoms with Gasteiger partial charge in [0.15, 0.2) is 11.4 Å². The van der Waals surface area contributed by atoms with Gasteiger partial charge in [0.1, 0.15) is 25.2 Å². The molecule has 0 spiro atoms. The van der Waals surface area contributed by atoms with Gasteiger partial charge in [0.2, 0.25) is 12.4 Å². The number of nitrogens with one attached hydrogen (secondary N) is 1. The Hall–Kier alpha value is -6.38. The van der Waals surface area contributed by atoms with Crippen molar-refractivity contribution < 1.29 is 54.6 Å². The predicted molar refractivity (Wildman–Crippen MR) is 222 cm³/mol. The highest BCUT2D eigenvalue weighted by Crippen LogP contribution is 2.54. The van der Waals surface area contributed by atoms with Crippen LogP contribution in [0.3, 0.4) is 0 Å². The third-order valence-corrected chi connectivity index (χ3v) is 12.3. The van der Waals surface area contributed by atoms with E-state index in [-0.39, 0.29) is 51.9 Å². The van der Waals surface area contributed by atoms with Gasteiger partial charge in [-0.3, -0.25) is 19.8 Å². The summed E-state index contributed by atoms with van der Waals surface area (Å²) in [6.45, 7) is -2.58. The maximum atomic E-state index is 15.6. The number of alkyl carbamates (subject to hydrolysis) is 1. The molecule has 14 nitrogen and oxygen atoms in total. The zero-order valence-electron chi connectivity index (χ0n) is 35.2. The summed E-state index contributed by atoms with van der Waals surface area (Å²) >= 11 is 6.52. The average molecular weight is 944 g/mol. The fraction of sp³-hybridized carbons (Fsp3) is 0.409. The van der Waals surface area contributed by atoms with Crippen molar-refractivity contribution in [1.82, 2.24) is 40.0 Å². The van der Waals surface area contributed by atoms with Gasteiger partial charge in [-0.1, -0.05) is 86.1 Å². The van der Waals surface area contributed by atoms with Crippen molar-refractivity contribution in [2.75, 3.05) is 6.61 Å². The molecule has 0 saturated heterocycles. The molecule has 66 heavy (non-hydrogen) atoms. The molecule has 22 heteroatoms. The molecule has 0 unspecified atom stereocenters. The fourth-order valence-electron chi connectivity index (χ4n) is 7.73. The Labute approximate surface area is 377 Å². The van der Waals surface area contributed by atoms with E-state index in [9.17, 15) is 40.3 Å². The quantitative estimate of drug-likeness (QED) is 0.0751. The molecule has 3 heterocycles. The van der Waals surface area contributed by atoms with Gasteiger partial charge in [0.25, 0.3) is 5.91 Å². The Kier molecular flexibility index (Phi) is 12.4. The van der Waals surface area contributed by atoms with E-state index in [2.05, 4.69) is 30.6 Å². The normalized spacial score (nSPS) is 18.7. The molecule has 8 rings (SSSR count). The summed E-state index contributed by atoms with van der Waals surface area (Å²) in [6.07, 6.45) is -6.44. The monoisotopic (exact) mass is 943 g/mol. The summed E-state index contributed by atoms with van der Waals surface area (Å²) < 4.78 is 112. The highest BCUT2D eigenvalue weighted by atomic mass is 35.5. The number of halogens is 8. The molecule has 2 aliphatic carbocycles. The SMILES string of the molecule is CC(C)(C[C@]1(c2ccc(-c3cnn(C4CC4)n3)cc2)N=C(NC(=O)OCc2ccccc2)N([C@H](COC(=O)CC2(C(F)F)CC2)c2ccc(Cl)c(-c3ncnn3C(F)F)c2)C1=O)C(F)(F)F. The van der Waals surface area contributed by atoms with E-state index in [1.54, 1.807) is 35.1 Å². The summed E-state index contributed by atoms with van der Waals surface area (Å²) in [5.74, 6) is -3.32. The molecule has 2 amide bonds. The van der Waals surface area contributed by atoms with Gasteiger partial charge in [-0.2, -0.15) is 46.7 Å². The maximum absolute atomic E-state index is 15.6. The van der Waals surface area contributed by atoms with E-state index in [4.69, 9.17) is 21.1 Å². The zero-order chi connectivity index (χ0) is 47.2. The number of hydrogen-bond donors (Lipinski definition) is 1. The van der Waals surface area contributed by atoms with Crippen LogP contribution in [0.2, 0.25) is 5.02 Å². The minimum atomic E-state index is -4.92. The average Bonchev–Trinajstić information content (AvgIpc) is 4.14. The molecule has 2 fully saturated rings. The first-order valence-electron chi connectivity index (χ1n) is 20.7. The van der Waals surface area contributed by atoms with Crippen LogP contribution in [0.25, 0.3) is 22.6 Å². The molecular formula is C44H41ClF7N9O5. The number of hydrogen-bond acceptors (Lipinski definition) is 10. The number of esters is 1. The highest BCUT2D eigenvalue weighted by molar-refractivity contribution is 6.33. The Morgan fingerprint density at radius 3 is 2.30 bits per heavy atom. The Bertz CT molecular complexity index is 2630. The van der Waals surface area contributed by atoms with E-state index in [0.29, 0.717) is 16.8 Å². The number of aliphatic imine (C=N–C) groups is 1. The second-order valence-electron chi connectivity index (χ2n) is 17.2. The minimum Gasteiger partial charge on any atom is -0.463 e. The summed E-state index contributed by atoms with van der Waals surface area (Å²) in [5, 5.41) is 14.7. The number of guanidine groups is 1. The van der Waals surface area contributed by atoms with Crippen molar-refractivity contribution in [2.45, 2.75) is 95.8 Å². The van der Waals surface area contributed by atoms with E-state index in [1.807, 2.05) is 0 Å². The van der Waals surface area contributed by atoms with Crippen molar-refractivity contribution in [3.63, 3.8) is 0 Å². The fourth-order valence-corrected chi connectivity index (χ4v) is 7.93. The first-order chi connectivity index (χ1) is 31.3. The number of alkyl halides is 7. The minimum absolute atomic E-state index is 0.0403. The third kappa shape index (κ3) is 9.34. The van der Waals surface area contributed by atoms with Crippen molar-refractivity contribution in [3.8, 4) is 22.6 Å². The third-order valence-electron chi connectivity index (χ3n) is 12.0. The molecule has 3 aliphatic rings. The van der Waals surface area contributed by atoms with Crippen LogP contribution < -0.4 is 5.32 Å². The topological polar surface area (TPSA) is 159 Å². The Morgan fingerprint density at radius 2 is 1.67 bits per heavy atom. The van der Waals surface area contributed by atoms with Crippen molar-refractivity contribution >= 4 is 35.5 Å². The van der Waals surface area contributed by atoms with Gasteiger partial charge in [-0.25, -0.2) is 23.6 Å². The molecule has 2 aromatic heterocycles. The smallest absolute Gasteiger partial charge is 0.414 e. The van der Waals surface area contributed by atoms with Crippen LogP contribution in [0, 0.1) is 10.8 Å². The second kappa shape index (κ2) is 17.8. The van der Waals surface area contributed by atoms with Gasteiger partial charge < -0.3 is 9.47 Å². The number of amides is 2. The first kappa shape index (κ1) is 46.2. The summed E-state index contributed by atoms with van der Waals surface area (Å²) in [7, 11) is 0. The second-order valence-corrected chi connectivity index (χ2v) is 17.6. The standard InChI is InChI=1S/C44H41ClF7N9O5/c1-41(2,44(50,51)52)23-43(28-11-8-26(9-12-28)32-20-54-61(58-32)29-13-14-29)37(63)59(39(57-43)56-40(64)66-21-25-6-4-3-5-7-25)33(22-65-34(62)19-42(16-17-42)36(46)47)27-10-15-31(45)30(18-27)35-53-24-55-60(35)38(48)49/h3-12,15,18,20,24,29,33,36,38H,13-14,16-17,19,21-23H2,1-2H3,(H,56,57,64)/t33-,43-/m1/s1. The van der Waals surface area contributed by atoms with Gasteiger partial charge in [-0.05, 0) is 60.9 Å².